The zero-order valence-corrected chi connectivity index (χ0v) is 11.2. The molecule has 0 radical (unpaired) electrons. The second-order valence-corrected chi connectivity index (χ2v) is 4.67. The fourth-order valence-corrected chi connectivity index (χ4v) is 2.23. The van der Waals surface area contributed by atoms with Gasteiger partial charge < -0.3 is 4.74 Å². The molecule has 1 aromatic heterocycles. The van der Waals surface area contributed by atoms with Gasteiger partial charge in [-0.1, -0.05) is 35.9 Å². The van der Waals surface area contributed by atoms with Crippen LogP contribution in [-0.2, 0) is 0 Å². The summed E-state index contributed by atoms with van der Waals surface area (Å²) in [6, 6.07) is 13.0. The first-order chi connectivity index (χ1) is 9.78. The van der Waals surface area contributed by atoms with E-state index in [1.807, 2.05) is 24.3 Å². The first-order valence-electron chi connectivity index (χ1n) is 6.03. The number of hydrogen-bond acceptors (Lipinski definition) is 3. The average molecular weight is 284 g/mol. The van der Waals surface area contributed by atoms with Crippen LogP contribution in [0.5, 0.6) is 11.5 Å². The van der Waals surface area contributed by atoms with E-state index < -0.39 is 0 Å². The van der Waals surface area contributed by atoms with E-state index in [1.54, 1.807) is 24.4 Å². The SMILES string of the molecule is O=Cc1cncc(Oc2ccc(Cl)c3ccccc23)c1. The van der Waals surface area contributed by atoms with Crippen LogP contribution in [0.3, 0.4) is 0 Å². The molecule has 0 spiro atoms. The van der Waals surface area contributed by atoms with Crippen LogP contribution in [0.2, 0.25) is 5.02 Å². The van der Waals surface area contributed by atoms with E-state index in [9.17, 15) is 4.79 Å². The van der Waals surface area contributed by atoms with E-state index in [2.05, 4.69) is 4.98 Å². The molecule has 0 unspecified atom stereocenters. The van der Waals surface area contributed by atoms with E-state index in [0.29, 0.717) is 22.1 Å². The van der Waals surface area contributed by atoms with Gasteiger partial charge in [-0.15, -0.1) is 0 Å². The molecular formula is C16H10ClNO2. The Morgan fingerprint density at radius 1 is 1.05 bits per heavy atom. The number of pyridine rings is 1. The van der Waals surface area contributed by atoms with Crippen LogP contribution in [0.4, 0.5) is 0 Å². The maximum Gasteiger partial charge on any atom is 0.151 e. The van der Waals surface area contributed by atoms with E-state index in [1.165, 1.54) is 6.20 Å². The van der Waals surface area contributed by atoms with Crippen molar-refractivity contribution in [1.82, 2.24) is 4.98 Å². The third kappa shape index (κ3) is 2.36. The molecule has 3 rings (SSSR count). The van der Waals surface area contributed by atoms with Crippen molar-refractivity contribution < 1.29 is 9.53 Å². The van der Waals surface area contributed by atoms with Gasteiger partial charge in [0.1, 0.15) is 11.5 Å². The molecule has 0 saturated heterocycles. The third-order valence-electron chi connectivity index (χ3n) is 2.93. The molecule has 20 heavy (non-hydrogen) atoms. The van der Waals surface area contributed by atoms with Gasteiger partial charge in [0.05, 0.1) is 6.20 Å². The number of rotatable bonds is 3. The van der Waals surface area contributed by atoms with Gasteiger partial charge in [-0.05, 0) is 18.2 Å². The molecule has 0 aliphatic rings. The van der Waals surface area contributed by atoms with Crippen LogP contribution in [0, 0.1) is 0 Å². The Kier molecular flexibility index (Phi) is 3.35. The lowest BCUT2D eigenvalue weighted by Gasteiger charge is -2.09. The molecule has 98 valence electrons. The van der Waals surface area contributed by atoms with Crippen molar-refractivity contribution in [2.24, 2.45) is 0 Å². The van der Waals surface area contributed by atoms with Crippen LogP contribution in [0.25, 0.3) is 10.8 Å². The summed E-state index contributed by atoms with van der Waals surface area (Å²) < 4.78 is 5.81. The van der Waals surface area contributed by atoms with E-state index >= 15 is 0 Å². The molecule has 4 heteroatoms. The summed E-state index contributed by atoms with van der Waals surface area (Å²) in [6.07, 6.45) is 3.79. The minimum absolute atomic E-state index is 0.473. The summed E-state index contributed by atoms with van der Waals surface area (Å²) in [5.74, 6) is 1.19. The van der Waals surface area contributed by atoms with Gasteiger partial charge in [-0.25, -0.2) is 0 Å². The molecule has 0 aliphatic carbocycles. The molecule has 0 aliphatic heterocycles. The summed E-state index contributed by atoms with van der Waals surface area (Å²) in [7, 11) is 0. The second kappa shape index (κ2) is 5.31. The summed E-state index contributed by atoms with van der Waals surface area (Å²) in [5.41, 5.74) is 0.473. The Hall–Kier alpha value is -2.39. The van der Waals surface area contributed by atoms with E-state index in [0.717, 1.165) is 17.1 Å². The van der Waals surface area contributed by atoms with Gasteiger partial charge >= 0.3 is 0 Å². The topological polar surface area (TPSA) is 39.2 Å². The molecule has 0 fully saturated rings. The Bertz CT molecular complexity index is 786. The molecule has 0 amide bonds. The van der Waals surface area contributed by atoms with Gasteiger partial charge in [0.15, 0.2) is 6.29 Å². The Morgan fingerprint density at radius 2 is 1.85 bits per heavy atom. The monoisotopic (exact) mass is 283 g/mol. The molecule has 0 atom stereocenters. The Morgan fingerprint density at radius 3 is 2.65 bits per heavy atom. The van der Waals surface area contributed by atoms with Crippen LogP contribution >= 0.6 is 11.6 Å². The molecule has 0 saturated carbocycles. The van der Waals surface area contributed by atoms with Crippen molar-refractivity contribution in [3.63, 3.8) is 0 Å². The lowest BCUT2D eigenvalue weighted by atomic mass is 10.1. The summed E-state index contributed by atoms with van der Waals surface area (Å²) in [5, 5.41) is 2.51. The first-order valence-corrected chi connectivity index (χ1v) is 6.41. The highest BCUT2D eigenvalue weighted by molar-refractivity contribution is 6.35. The third-order valence-corrected chi connectivity index (χ3v) is 3.26. The molecule has 2 aromatic carbocycles. The predicted octanol–water partition coefficient (Wildman–Crippen LogP) is 4.49. The van der Waals surface area contributed by atoms with Gasteiger partial charge in [-0.2, -0.15) is 0 Å². The van der Waals surface area contributed by atoms with Gasteiger partial charge in [0.25, 0.3) is 0 Å². The standard InChI is InChI=1S/C16H10ClNO2/c17-15-5-6-16(14-4-2-1-3-13(14)15)20-12-7-11(10-19)8-18-9-12/h1-10H. The number of nitrogens with zero attached hydrogens (tertiary/aromatic N) is 1. The second-order valence-electron chi connectivity index (χ2n) is 4.26. The van der Waals surface area contributed by atoms with Gasteiger partial charge in [0, 0.05) is 27.6 Å². The zero-order valence-electron chi connectivity index (χ0n) is 10.4. The largest absolute Gasteiger partial charge is 0.455 e. The first kappa shape index (κ1) is 12.6. The minimum Gasteiger partial charge on any atom is -0.455 e. The number of aldehydes is 1. The van der Waals surface area contributed by atoms with Crippen LogP contribution in [0.15, 0.2) is 54.9 Å². The molecule has 3 aromatic rings. The molecule has 3 nitrogen and oxygen atoms in total. The van der Waals surface area contributed by atoms with Crippen molar-refractivity contribution in [1.29, 1.82) is 0 Å². The molecular weight excluding hydrogens is 274 g/mol. The number of hydrogen-bond donors (Lipinski definition) is 0. The van der Waals surface area contributed by atoms with Crippen LogP contribution < -0.4 is 4.74 Å². The number of halogens is 1. The average Bonchev–Trinajstić information content (AvgIpc) is 2.51. The number of carbonyl (C=O) groups excluding carboxylic acids is 1. The fraction of sp³-hybridized carbons (Fsp3) is 0. The number of ether oxygens (including phenoxy) is 1. The maximum absolute atomic E-state index is 10.8. The van der Waals surface area contributed by atoms with Crippen molar-refractivity contribution in [3.8, 4) is 11.5 Å². The van der Waals surface area contributed by atoms with Crippen molar-refractivity contribution in [3.05, 3.63) is 65.4 Å². The predicted molar refractivity (Wildman–Crippen MR) is 78.7 cm³/mol. The lowest BCUT2D eigenvalue weighted by molar-refractivity contribution is 0.112. The normalized spacial score (nSPS) is 10.4. The van der Waals surface area contributed by atoms with E-state index in [4.69, 9.17) is 16.3 Å². The molecule has 0 N–H and O–H groups in total. The van der Waals surface area contributed by atoms with Crippen molar-refractivity contribution in [2.45, 2.75) is 0 Å². The fourth-order valence-electron chi connectivity index (χ4n) is 2.01. The maximum atomic E-state index is 10.8. The highest BCUT2D eigenvalue weighted by atomic mass is 35.5. The summed E-state index contributed by atoms with van der Waals surface area (Å²) in [6.45, 7) is 0. The Balaban J connectivity index is 2.06. The summed E-state index contributed by atoms with van der Waals surface area (Å²) in [4.78, 5) is 14.7. The molecule has 1 heterocycles. The number of aromatic nitrogens is 1. The Labute approximate surface area is 120 Å². The van der Waals surface area contributed by atoms with Crippen molar-refractivity contribution in [2.75, 3.05) is 0 Å². The van der Waals surface area contributed by atoms with E-state index in [-0.39, 0.29) is 0 Å². The van der Waals surface area contributed by atoms with Crippen molar-refractivity contribution >= 4 is 28.7 Å². The van der Waals surface area contributed by atoms with Gasteiger partial charge in [0.2, 0.25) is 0 Å². The number of benzene rings is 2. The van der Waals surface area contributed by atoms with Gasteiger partial charge in [-0.3, -0.25) is 9.78 Å². The summed E-state index contributed by atoms with van der Waals surface area (Å²) >= 11 is 6.17. The lowest BCUT2D eigenvalue weighted by Crippen LogP contribution is -1.89. The molecule has 0 bridgehead atoms. The highest BCUT2D eigenvalue weighted by Crippen LogP contribution is 2.33. The quantitative estimate of drug-likeness (QED) is 0.665. The van der Waals surface area contributed by atoms with Crippen LogP contribution in [-0.4, -0.2) is 11.3 Å². The zero-order chi connectivity index (χ0) is 13.9. The highest BCUT2D eigenvalue weighted by Gasteiger charge is 2.07. The van der Waals surface area contributed by atoms with Crippen LogP contribution in [0.1, 0.15) is 10.4 Å². The minimum atomic E-state index is 0.473. The number of fused-ring (bicyclic) bond motifs is 1. The number of carbonyl (C=O) groups is 1. The smallest absolute Gasteiger partial charge is 0.151 e.